The highest BCUT2D eigenvalue weighted by molar-refractivity contribution is 5.67. The Labute approximate surface area is 86.6 Å². The molecule has 0 amide bonds. The van der Waals surface area contributed by atoms with E-state index in [4.69, 9.17) is 11.2 Å². The molecule has 0 aliphatic heterocycles. The van der Waals surface area contributed by atoms with E-state index in [-0.39, 0.29) is 6.01 Å². The lowest BCUT2D eigenvalue weighted by atomic mass is 10.5. The van der Waals surface area contributed by atoms with Crippen molar-refractivity contribution in [3.8, 4) is 18.4 Å². The highest BCUT2D eigenvalue weighted by Crippen LogP contribution is 2.07. The number of fused-ring (bicyclic) bond motifs is 1. The van der Waals surface area contributed by atoms with Gasteiger partial charge in [0.25, 0.3) is 0 Å². The fourth-order valence-electron chi connectivity index (χ4n) is 1.03. The van der Waals surface area contributed by atoms with Gasteiger partial charge in [-0.15, -0.1) is 12.3 Å². The van der Waals surface area contributed by atoms with Crippen LogP contribution in [0.15, 0.2) is 18.6 Å². The second kappa shape index (κ2) is 4.33. The van der Waals surface area contributed by atoms with Crippen LogP contribution < -0.4 is 4.74 Å². The summed E-state index contributed by atoms with van der Waals surface area (Å²) in [5.41, 5.74) is 1.16. The molecule has 0 aliphatic carbocycles. The van der Waals surface area contributed by atoms with Crippen molar-refractivity contribution in [2.45, 2.75) is 6.42 Å². The predicted molar refractivity (Wildman–Crippen MR) is 54.1 cm³/mol. The van der Waals surface area contributed by atoms with Gasteiger partial charge in [-0.1, -0.05) is 0 Å². The summed E-state index contributed by atoms with van der Waals surface area (Å²) in [6.45, 7) is 0.405. The van der Waals surface area contributed by atoms with Gasteiger partial charge in [-0.2, -0.15) is 4.98 Å². The van der Waals surface area contributed by atoms with Crippen molar-refractivity contribution in [1.82, 2.24) is 19.9 Å². The molecule has 0 spiro atoms. The maximum absolute atomic E-state index is 5.22. The van der Waals surface area contributed by atoms with E-state index in [1.807, 2.05) is 0 Å². The minimum absolute atomic E-state index is 0.276. The van der Waals surface area contributed by atoms with Crippen LogP contribution in [0.4, 0.5) is 0 Å². The minimum Gasteiger partial charge on any atom is -0.462 e. The highest BCUT2D eigenvalue weighted by Gasteiger charge is 2.01. The van der Waals surface area contributed by atoms with Gasteiger partial charge >= 0.3 is 6.01 Å². The zero-order valence-electron chi connectivity index (χ0n) is 7.92. The minimum atomic E-state index is 0.276. The summed E-state index contributed by atoms with van der Waals surface area (Å²) in [5.74, 6) is 2.47. The summed E-state index contributed by atoms with van der Waals surface area (Å²) >= 11 is 0. The molecular weight excluding hydrogens is 192 g/mol. The Hall–Kier alpha value is -2.22. The topological polar surface area (TPSA) is 60.8 Å². The number of nitrogens with zero attached hydrogens (tertiary/aromatic N) is 4. The van der Waals surface area contributed by atoms with Crippen molar-refractivity contribution in [2.24, 2.45) is 0 Å². The van der Waals surface area contributed by atoms with Crippen LogP contribution in [-0.2, 0) is 0 Å². The third-order valence-electron chi connectivity index (χ3n) is 1.68. The molecule has 0 aromatic carbocycles. The van der Waals surface area contributed by atoms with Gasteiger partial charge in [-0.3, -0.25) is 0 Å². The summed E-state index contributed by atoms with van der Waals surface area (Å²) in [5, 5.41) is 0. The molecule has 0 bridgehead atoms. The molecule has 2 heterocycles. The molecule has 0 saturated carbocycles. The molecule has 0 radical (unpaired) electrons. The fraction of sp³-hybridized carbons (Fsp3) is 0.200. The van der Waals surface area contributed by atoms with E-state index >= 15 is 0 Å². The molecule has 0 aliphatic rings. The zero-order chi connectivity index (χ0) is 10.5. The average molecular weight is 200 g/mol. The smallest absolute Gasteiger partial charge is 0.318 e. The summed E-state index contributed by atoms with van der Waals surface area (Å²) in [6, 6.07) is 0.276. The molecule has 74 valence electrons. The molecule has 0 fully saturated rings. The Bertz CT molecular complexity index is 506. The van der Waals surface area contributed by atoms with Gasteiger partial charge < -0.3 is 4.74 Å². The van der Waals surface area contributed by atoms with Gasteiger partial charge in [0.1, 0.15) is 12.1 Å². The molecule has 5 nitrogen and oxygen atoms in total. The van der Waals surface area contributed by atoms with E-state index < -0.39 is 0 Å². The molecule has 0 saturated heterocycles. The number of hydrogen-bond acceptors (Lipinski definition) is 5. The normalized spacial score (nSPS) is 9.80. The van der Waals surface area contributed by atoms with Crippen LogP contribution in [0.25, 0.3) is 11.2 Å². The van der Waals surface area contributed by atoms with E-state index in [0.29, 0.717) is 24.2 Å². The first-order valence-electron chi connectivity index (χ1n) is 4.40. The molecule has 15 heavy (non-hydrogen) atoms. The number of rotatable bonds is 3. The quantitative estimate of drug-likeness (QED) is 0.542. The van der Waals surface area contributed by atoms with E-state index in [1.54, 1.807) is 18.6 Å². The van der Waals surface area contributed by atoms with Crippen molar-refractivity contribution < 1.29 is 4.74 Å². The van der Waals surface area contributed by atoms with Crippen LogP contribution in [0.5, 0.6) is 6.01 Å². The number of ether oxygens (including phenoxy) is 1. The lowest BCUT2D eigenvalue weighted by Gasteiger charge is -2.01. The van der Waals surface area contributed by atoms with Gasteiger partial charge in [0, 0.05) is 18.8 Å². The van der Waals surface area contributed by atoms with Crippen molar-refractivity contribution in [1.29, 1.82) is 0 Å². The first-order chi connectivity index (χ1) is 7.40. The summed E-state index contributed by atoms with van der Waals surface area (Å²) in [7, 11) is 0. The molecule has 0 atom stereocenters. The number of hydrogen-bond donors (Lipinski definition) is 0. The van der Waals surface area contributed by atoms with E-state index in [2.05, 4.69) is 25.9 Å². The Morgan fingerprint density at radius 2 is 2.13 bits per heavy atom. The fourth-order valence-corrected chi connectivity index (χ4v) is 1.03. The average Bonchev–Trinajstić information content (AvgIpc) is 2.29. The van der Waals surface area contributed by atoms with Gasteiger partial charge in [0.2, 0.25) is 0 Å². The van der Waals surface area contributed by atoms with Crippen molar-refractivity contribution in [3.05, 3.63) is 18.6 Å². The first-order valence-corrected chi connectivity index (χ1v) is 4.40. The van der Waals surface area contributed by atoms with Gasteiger partial charge in [0.05, 0.1) is 6.20 Å². The monoisotopic (exact) mass is 200 g/mol. The predicted octanol–water partition coefficient (Wildman–Crippen LogP) is 0.822. The highest BCUT2D eigenvalue weighted by atomic mass is 16.5. The molecule has 2 aromatic rings. The number of terminal acetylenes is 1. The maximum Gasteiger partial charge on any atom is 0.318 e. The Morgan fingerprint density at radius 3 is 3.00 bits per heavy atom. The van der Waals surface area contributed by atoms with Crippen LogP contribution in [0.1, 0.15) is 6.42 Å². The van der Waals surface area contributed by atoms with Gasteiger partial charge in [0.15, 0.2) is 5.65 Å². The van der Waals surface area contributed by atoms with E-state index in [9.17, 15) is 0 Å². The van der Waals surface area contributed by atoms with Gasteiger partial charge in [-0.05, 0) is 0 Å². The van der Waals surface area contributed by atoms with E-state index in [1.165, 1.54) is 0 Å². The molecule has 2 aromatic heterocycles. The van der Waals surface area contributed by atoms with Crippen LogP contribution in [-0.4, -0.2) is 26.5 Å². The standard InChI is InChI=1S/C10H8N4O/c1-2-3-6-15-10-13-7-8-9(14-10)12-5-4-11-8/h1,4-5,7H,3,6H2. The Morgan fingerprint density at radius 1 is 1.27 bits per heavy atom. The van der Waals surface area contributed by atoms with Crippen LogP contribution in [0.3, 0.4) is 0 Å². The lowest BCUT2D eigenvalue weighted by molar-refractivity contribution is 0.302. The summed E-state index contributed by atoms with van der Waals surface area (Å²) in [6.07, 6.45) is 10.3. The second-order valence-corrected chi connectivity index (χ2v) is 2.72. The molecule has 0 N–H and O–H groups in total. The lowest BCUT2D eigenvalue weighted by Crippen LogP contribution is -2.01. The van der Waals surface area contributed by atoms with Crippen LogP contribution in [0.2, 0.25) is 0 Å². The third-order valence-corrected chi connectivity index (χ3v) is 1.68. The number of aromatic nitrogens is 4. The molecule has 0 unspecified atom stereocenters. The summed E-state index contributed by atoms with van der Waals surface area (Å²) < 4.78 is 5.22. The zero-order valence-corrected chi connectivity index (χ0v) is 7.92. The van der Waals surface area contributed by atoms with Crippen molar-refractivity contribution in [2.75, 3.05) is 6.61 Å². The SMILES string of the molecule is C#CCCOc1ncc2nccnc2n1. The largest absolute Gasteiger partial charge is 0.462 e. The Kier molecular flexibility index (Phi) is 2.70. The van der Waals surface area contributed by atoms with Crippen LogP contribution >= 0.6 is 0 Å². The molecule has 5 heteroatoms. The van der Waals surface area contributed by atoms with E-state index in [0.717, 1.165) is 0 Å². The Balaban J connectivity index is 2.20. The summed E-state index contributed by atoms with van der Waals surface area (Å²) in [4.78, 5) is 16.1. The third kappa shape index (κ3) is 2.17. The van der Waals surface area contributed by atoms with Gasteiger partial charge in [-0.25, -0.2) is 15.0 Å². The van der Waals surface area contributed by atoms with Crippen molar-refractivity contribution in [3.63, 3.8) is 0 Å². The maximum atomic E-state index is 5.22. The van der Waals surface area contributed by atoms with Crippen molar-refractivity contribution >= 4 is 11.2 Å². The van der Waals surface area contributed by atoms with Crippen LogP contribution in [0, 0.1) is 12.3 Å². The molecular formula is C10H8N4O. The molecule has 2 rings (SSSR count). The second-order valence-electron chi connectivity index (χ2n) is 2.72. The first kappa shape index (κ1) is 9.34.